The first-order valence-corrected chi connectivity index (χ1v) is 9.08. The van der Waals surface area contributed by atoms with Crippen molar-refractivity contribution in [1.82, 2.24) is 9.55 Å². The average Bonchev–Trinajstić information content (AvgIpc) is 3.21. The number of nitrogens with one attached hydrogen (secondary N) is 1. The van der Waals surface area contributed by atoms with E-state index in [0.717, 1.165) is 22.6 Å². The molecule has 0 atom stereocenters. The van der Waals surface area contributed by atoms with Crippen LogP contribution in [0.3, 0.4) is 0 Å². The topological polar surface area (TPSA) is 90.1 Å². The molecule has 3 rings (SSSR count). The number of allylic oxidation sites excluding steroid dienone is 1. The molecular formula is C19H18N4O3S. The van der Waals surface area contributed by atoms with Crippen LogP contribution < -0.4 is 5.32 Å². The van der Waals surface area contributed by atoms with Gasteiger partial charge < -0.3 is 4.57 Å². The lowest BCUT2D eigenvalue weighted by Gasteiger charge is -2.05. The molecule has 7 nitrogen and oxygen atoms in total. The molecule has 0 saturated carbocycles. The highest BCUT2D eigenvalue weighted by atomic mass is 32.1. The Bertz CT molecular complexity index is 1040. The molecule has 138 valence electrons. The lowest BCUT2D eigenvalue weighted by atomic mass is 10.1. The molecule has 0 saturated heterocycles. The van der Waals surface area contributed by atoms with Gasteiger partial charge in [0.15, 0.2) is 5.13 Å². The number of carbonyl (C=O) groups excluding carboxylic acids is 1. The van der Waals surface area contributed by atoms with Gasteiger partial charge in [0.05, 0.1) is 10.6 Å². The molecule has 0 aliphatic heterocycles. The number of benzene rings is 1. The molecule has 1 N–H and O–H groups in total. The van der Waals surface area contributed by atoms with E-state index in [9.17, 15) is 14.9 Å². The second-order valence-electron chi connectivity index (χ2n) is 5.95. The van der Waals surface area contributed by atoms with Gasteiger partial charge in [0, 0.05) is 34.9 Å². The number of thiazole rings is 1. The van der Waals surface area contributed by atoms with Gasteiger partial charge in [0.25, 0.3) is 11.6 Å². The number of nitro benzene ring substituents is 1. The molecule has 2 aromatic heterocycles. The number of hydrogen-bond acceptors (Lipinski definition) is 5. The van der Waals surface area contributed by atoms with Crippen molar-refractivity contribution >= 4 is 28.1 Å². The van der Waals surface area contributed by atoms with Crippen molar-refractivity contribution in [3.05, 3.63) is 75.4 Å². The van der Waals surface area contributed by atoms with Gasteiger partial charge in [-0.3, -0.25) is 20.2 Å². The van der Waals surface area contributed by atoms with Gasteiger partial charge in [-0.15, -0.1) is 17.9 Å². The van der Waals surface area contributed by atoms with Gasteiger partial charge >= 0.3 is 0 Å². The van der Waals surface area contributed by atoms with E-state index in [2.05, 4.69) is 21.4 Å². The lowest BCUT2D eigenvalue weighted by Crippen LogP contribution is -2.13. The predicted octanol–water partition coefficient (Wildman–Crippen LogP) is 4.57. The Morgan fingerprint density at radius 1 is 1.41 bits per heavy atom. The highest BCUT2D eigenvalue weighted by Gasteiger charge is 2.20. The summed E-state index contributed by atoms with van der Waals surface area (Å²) in [7, 11) is 0. The molecule has 0 fully saturated rings. The first-order valence-electron chi connectivity index (χ1n) is 8.20. The number of carbonyl (C=O) groups is 1. The minimum Gasteiger partial charge on any atom is -0.345 e. The summed E-state index contributed by atoms with van der Waals surface area (Å²) in [4.78, 5) is 27.4. The Hall–Kier alpha value is -3.26. The Kier molecular flexibility index (Phi) is 5.18. The second kappa shape index (κ2) is 7.55. The molecule has 0 bridgehead atoms. The van der Waals surface area contributed by atoms with Crippen LogP contribution in [0.15, 0.2) is 48.4 Å². The monoisotopic (exact) mass is 382 g/mol. The van der Waals surface area contributed by atoms with Crippen LogP contribution >= 0.6 is 11.3 Å². The van der Waals surface area contributed by atoms with Crippen molar-refractivity contribution < 1.29 is 9.72 Å². The van der Waals surface area contributed by atoms with E-state index in [1.54, 1.807) is 6.07 Å². The van der Waals surface area contributed by atoms with Crippen molar-refractivity contribution in [2.45, 2.75) is 20.4 Å². The molecule has 1 amide bonds. The summed E-state index contributed by atoms with van der Waals surface area (Å²) in [5.74, 6) is -0.555. The molecule has 0 unspecified atom stereocenters. The van der Waals surface area contributed by atoms with Crippen LogP contribution in [0.2, 0.25) is 0 Å². The normalized spacial score (nSPS) is 10.6. The molecule has 0 aliphatic rings. The highest BCUT2D eigenvalue weighted by Crippen LogP contribution is 2.30. The van der Waals surface area contributed by atoms with Gasteiger partial charge in [-0.1, -0.05) is 18.2 Å². The van der Waals surface area contributed by atoms with Gasteiger partial charge in [0.2, 0.25) is 0 Å². The summed E-state index contributed by atoms with van der Waals surface area (Å²) in [6, 6.07) is 7.88. The van der Waals surface area contributed by atoms with Gasteiger partial charge in [0.1, 0.15) is 5.56 Å². The minimum atomic E-state index is -0.573. The van der Waals surface area contributed by atoms with E-state index in [1.165, 1.54) is 29.5 Å². The Balaban J connectivity index is 1.85. The number of amides is 1. The van der Waals surface area contributed by atoms with Crippen LogP contribution in [0.25, 0.3) is 11.3 Å². The van der Waals surface area contributed by atoms with E-state index >= 15 is 0 Å². The largest absolute Gasteiger partial charge is 0.345 e. The number of para-hydroxylation sites is 1. The van der Waals surface area contributed by atoms with Crippen LogP contribution in [-0.2, 0) is 6.54 Å². The van der Waals surface area contributed by atoms with Crippen LogP contribution in [0.5, 0.6) is 0 Å². The van der Waals surface area contributed by atoms with Crippen LogP contribution in [0.4, 0.5) is 10.8 Å². The molecule has 2 heterocycles. The number of nitro groups is 1. The van der Waals surface area contributed by atoms with Gasteiger partial charge in [-0.05, 0) is 26.0 Å². The van der Waals surface area contributed by atoms with E-state index in [1.807, 2.05) is 31.4 Å². The summed E-state index contributed by atoms with van der Waals surface area (Å²) in [6.45, 7) is 8.51. The molecule has 8 heteroatoms. The van der Waals surface area contributed by atoms with Crippen molar-refractivity contribution in [2.75, 3.05) is 5.32 Å². The third kappa shape index (κ3) is 3.65. The molecule has 0 spiro atoms. The third-order valence-corrected chi connectivity index (χ3v) is 4.99. The highest BCUT2D eigenvalue weighted by molar-refractivity contribution is 7.14. The Morgan fingerprint density at radius 2 is 2.15 bits per heavy atom. The quantitative estimate of drug-likeness (QED) is 0.384. The molecular weight excluding hydrogens is 364 g/mol. The molecule has 1 aromatic carbocycles. The molecule has 3 aromatic rings. The molecule has 0 radical (unpaired) electrons. The van der Waals surface area contributed by atoms with Gasteiger partial charge in [-0.25, -0.2) is 4.98 Å². The smallest absolute Gasteiger partial charge is 0.282 e. The number of anilines is 1. The van der Waals surface area contributed by atoms with Crippen LogP contribution in [0, 0.1) is 24.0 Å². The van der Waals surface area contributed by atoms with Crippen molar-refractivity contribution in [2.24, 2.45) is 0 Å². The second-order valence-corrected chi connectivity index (χ2v) is 6.81. The van der Waals surface area contributed by atoms with Crippen LogP contribution in [0.1, 0.15) is 21.7 Å². The number of nitrogens with zero attached hydrogens (tertiary/aromatic N) is 3. The summed E-state index contributed by atoms with van der Waals surface area (Å²) >= 11 is 1.28. The molecule has 27 heavy (non-hydrogen) atoms. The maximum absolute atomic E-state index is 12.4. The third-order valence-electron chi connectivity index (χ3n) is 4.23. The van der Waals surface area contributed by atoms with Crippen LogP contribution in [-0.4, -0.2) is 20.4 Å². The number of rotatable bonds is 6. The lowest BCUT2D eigenvalue weighted by molar-refractivity contribution is -0.385. The van der Waals surface area contributed by atoms with E-state index in [0.29, 0.717) is 11.7 Å². The fourth-order valence-corrected chi connectivity index (χ4v) is 3.62. The van der Waals surface area contributed by atoms with E-state index < -0.39 is 10.8 Å². The standard InChI is InChI=1S/C19H18N4O3S/c1-4-9-22-12(2)10-15(13(22)3)16-11-27-19(20-16)21-18(24)14-7-5-6-8-17(14)23(25)26/h4-8,10-11H,1,9H2,2-3H3,(H,20,21,24). The fourth-order valence-electron chi connectivity index (χ4n) is 2.91. The first-order chi connectivity index (χ1) is 12.9. The number of aryl methyl sites for hydroxylation is 1. The molecule has 0 aliphatic carbocycles. The maximum atomic E-state index is 12.4. The summed E-state index contributed by atoms with van der Waals surface area (Å²) in [5, 5.41) is 16.0. The zero-order chi connectivity index (χ0) is 19.6. The predicted molar refractivity (Wildman–Crippen MR) is 106 cm³/mol. The zero-order valence-electron chi connectivity index (χ0n) is 14.9. The van der Waals surface area contributed by atoms with Crippen molar-refractivity contribution in [1.29, 1.82) is 0 Å². The summed E-state index contributed by atoms with van der Waals surface area (Å²) in [5.41, 5.74) is 3.66. The van der Waals surface area contributed by atoms with Crippen molar-refractivity contribution in [3.8, 4) is 11.3 Å². The van der Waals surface area contributed by atoms with E-state index in [-0.39, 0.29) is 11.3 Å². The zero-order valence-corrected chi connectivity index (χ0v) is 15.7. The SMILES string of the molecule is C=CCn1c(C)cc(-c2csc(NC(=O)c3ccccc3[N+](=O)[O-])n2)c1C. The minimum absolute atomic E-state index is 0.00316. The summed E-state index contributed by atoms with van der Waals surface area (Å²) in [6.07, 6.45) is 1.84. The summed E-state index contributed by atoms with van der Waals surface area (Å²) < 4.78 is 2.13. The fraction of sp³-hybridized carbons (Fsp3) is 0.158. The van der Waals surface area contributed by atoms with Crippen molar-refractivity contribution in [3.63, 3.8) is 0 Å². The Morgan fingerprint density at radius 3 is 2.85 bits per heavy atom. The average molecular weight is 382 g/mol. The van der Waals surface area contributed by atoms with E-state index in [4.69, 9.17) is 0 Å². The Labute approximate surface area is 160 Å². The number of aromatic nitrogens is 2. The maximum Gasteiger partial charge on any atom is 0.282 e. The first kappa shape index (κ1) is 18.5. The van der Waals surface area contributed by atoms with Gasteiger partial charge in [-0.2, -0.15) is 0 Å². The number of hydrogen-bond donors (Lipinski definition) is 1.